The van der Waals surface area contributed by atoms with Crippen molar-refractivity contribution in [1.29, 1.82) is 0 Å². The van der Waals surface area contributed by atoms with Gasteiger partial charge in [-0.25, -0.2) is 0 Å². The molecule has 1 N–H and O–H groups in total. The number of likely N-dealkylation sites (N-methyl/N-ethyl adjacent to an activating group) is 1. The number of hydrogen-bond donors (Lipinski definition) is 1. The normalized spacial score (nSPS) is 12.2. The van der Waals surface area contributed by atoms with Crippen LogP contribution >= 0.6 is 27.5 Å². The lowest BCUT2D eigenvalue weighted by atomic mass is 10.0. The highest BCUT2D eigenvalue weighted by molar-refractivity contribution is 9.10. The Morgan fingerprint density at radius 1 is 1.47 bits per heavy atom. The molecular weight excluding hydrogens is 298 g/mol. The molecule has 3 heteroatoms. The van der Waals surface area contributed by atoms with Gasteiger partial charge in [-0.1, -0.05) is 66.0 Å². The van der Waals surface area contributed by atoms with E-state index in [1.54, 1.807) is 0 Å². The van der Waals surface area contributed by atoms with Gasteiger partial charge in [0.15, 0.2) is 0 Å². The van der Waals surface area contributed by atoms with Gasteiger partial charge in [0.1, 0.15) is 0 Å². The minimum atomic E-state index is 0.522. The van der Waals surface area contributed by atoms with E-state index < -0.39 is 0 Å². The van der Waals surface area contributed by atoms with Gasteiger partial charge >= 0.3 is 0 Å². The fourth-order valence-electron chi connectivity index (χ4n) is 1.51. The van der Waals surface area contributed by atoms with Gasteiger partial charge in [0.05, 0.1) is 0 Å². The zero-order chi connectivity index (χ0) is 12.8. The highest BCUT2D eigenvalue weighted by atomic mass is 79.9. The molecule has 0 heterocycles. The Labute approximate surface area is 117 Å². The molecule has 0 aliphatic rings. The van der Waals surface area contributed by atoms with Crippen molar-refractivity contribution >= 4 is 33.6 Å². The fraction of sp³-hybridized carbons (Fsp3) is 0.429. The molecule has 0 saturated heterocycles. The van der Waals surface area contributed by atoms with Crippen molar-refractivity contribution in [2.45, 2.75) is 20.8 Å². The van der Waals surface area contributed by atoms with E-state index in [0.29, 0.717) is 5.92 Å². The first kappa shape index (κ1) is 14.7. The summed E-state index contributed by atoms with van der Waals surface area (Å²) in [5.41, 5.74) is 2.45. The Hall–Kier alpha value is -0.310. The molecule has 94 valence electrons. The minimum absolute atomic E-state index is 0.522. The predicted octanol–water partition coefficient (Wildman–Crippen LogP) is 4.75. The van der Waals surface area contributed by atoms with Crippen molar-refractivity contribution in [2.75, 3.05) is 13.1 Å². The highest BCUT2D eigenvalue weighted by Gasteiger charge is 2.05. The van der Waals surface area contributed by atoms with Crippen molar-refractivity contribution in [3.63, 3.8) is 0 Å². The van der Waals surface area contributed by atoms with Crippen LogP contribution in [-0.2, 0) is 0 Å². The number of nitrogens with one attached hydrogen (secondary N) is 1. The van der Waals surface area contributed by atoms with E-state index >= 15 is 0 Å². The summed E-state index contributed by atoms with van der Waals surface area (Å²) in [7, 11) is 0. The van der Waals surface area contributed by atoms with E-state index in [1.165, 1.54) is 5.57 Å². The third kappa shape index (κ3) is 4.82. The molecule has 1 rings (SSSR count). The third-order valence-corrected chi connectivity index (χ3v) is 3.44. The summed E-state index contributed by atoms with van der Waals surface area (Å²) in [6.07, 6.45) is 2.18. The Balaban J connectivity index is 2.95. The maximum atomic E-state index is 6.22. The average Bonchev–Trinajstić information content (AvgIpc) is 2.26. The molecule has 0 aliphatic carbocycles. The average molecular weight is 317 g/mol. The lowest BCUT2D eigenvalue weighted by Gasteiger charge is -2.12. The highest BCUT2D eigenvalue weighted by Crippen LogP contribution is 2.24. The lowest BCUT2D eigenvalue weighted by Crippen LogP contribution is -2.18. The summed E-state index contributed by atoms with van der Waals surface area (Å²) in [5.74, 6) is 0.522. The number of halogens is 2. The Morgan fingerprint density at radius 2 is 2.18 bits per heavy atom. The molecule has 0 aromatic heterocycles. The van der Waals surface area contributed by atoms with Gasteiger partial charge in [0, 0.05) is 16.0 Å². The molecule has 0 fully saturated rings. The molecule has 0 spiro atoms. The topological polar surface area (TPSA) is 12.0 Å². The van der Waals surface area contributed by atoms with E-state index in [1.807, 2.05) is 18.2 Å². The Morgan fingerprint density at radius 3 is 2.71 bits per heavy atom. The summed E-state index contributed by atoms with van der Waals surface area (Å²) in [4.78, 5) is 0. The molecule has 0 unspecified atom stereocenters. The second-order valence-corrected chi connectivity index (χ2v) is 5.64. The first-order valence-corrected chi connectivity index (χ1v) is 7.08. The molecule has 1 aromatic rings. The maximum Gasteiger partial charge on any atom is 0.0489 e. The largest absolute Gasteiger partial charge is 0.313 e. The van der Waals surface area contributed by atoms with Crippen LogP contribution in [-0.4, -0.2) is 13.1 Å². The molecule has 1 aromatic carbocycles. The minimum Gasteiger partial charge on any atom is -0.313 e. The van der Waals surface area contributed by atoms with Gasteiger partial charge in [0.2, 0.25) is 0 Å². The summed E-state index contributed by atoms with van der Waals surface area (Å²) in [5, 5.41) is 4.15. The van der Waals surface area contributed by atoms with E-state index in [2.05, 4.69) is 48.1 Å². The Kier molecular flexibility index (Phi) is 6.24. The van der Waals surface area contributed by atoms with Gasteiger partial charge in [-0.2, -0.15) is 0 Å². The standard InChI is InChI=1S/C14H19BrClN/c1-4-17-9-12(10(2)3)7-11-5-6-13(15)8-14(11)16/h5-8,10,17H,4,9H2,1-3H3/b12-7-. The van der Waals surface area contributed by atoms with Crippen molar-refractivity contribution in [1.82, 2.24) is 5.32 Å². The van der Waals surface area contributed by atoms with E-state index in [-0.39, 0.29) is 0 Å². The summed E-state index contributed by atoms with van der Waals surface area (Å²) in [6.45, 7) is 8.43. The second-order valence-electron chi connectivity index (χ2n) is 4.32. The third-order valence-electron chi connectivity index (χ3n) is 2.62. The quantitative estimate of drug-likeness (QED) is 0.826. The first-order chi connectivity index (χ1) is 8.04. The van der Waals surface area contributed by atoms with Gasteiger partial charge < -0.3 is 5.32 Å². The summed E-state index contributed by atoms with van der Waals surface area (Å²) in [6, 6.07) is 5.99. The predicted molar refractivity (Wildman–Crippen MR) is 80.5 cm³/mol. The fourth-order valence-corrected chi connectivity index (χ4v) is 2.24. The smallest absolute Gasteiger partial charge is 0.0489 e. The second kappa shape index (κ2) is 7.20. The molecule has 0 aliphatic heterocycles. The van der Waals surface area contributed by atoms with Crippen molar-refractivity contribution in [3.8, 4) is 0 Å². The van der Waals surface area contributed by atoms with Crippen LogP contribution in [0.15, 0.2) is 28.2 Å². The summed E-state index contributed by atoms with van der Waals surface area (Å²) >= 11 is 9.63. The van der Waals surface area contributed by atoms with Crippen LogP contribution in [0.25, 0.3) is 6.08 Å². The van der Waals surface area contributed by atoms with Crippen LogP contribution in [0.1, 0.15) is 26.3 Å². The van der Waals surface area contributed by atoms with Crippen LogP contribution in [0.4, 0.5) is 0 Å². The molecule has 0 bridgehead atoms. The number of rotatable bonds is 5. The van der Waals surface area contributed by atoms with Crippen LogP contribution in [0.2, 0.25) is 5.02 Å². The monoisotopic (exact) mass is 315 g/mol. The van der Waals surface area contributed by atoms with Gasteiger partial charge in [-0.3, -0.25) is 0 Å². The zero-order valence-corrected chi connectivity index (χ0v) is 12.9. The van der Waals surface area contributed by atoms with Gasteiger partial charge in [-0.15, -0.1) is 0 Å². The molecule has 0 saturated carbocycles. The van der Waals surface area contributed by atoms with Gasteiger partial charge in [-0.05, 0) is 30.2 Å². The molecule has 1 nitrogen and oxygen atoms in total. The van der Waals surface area contributed by atoms with Crippen molar-refractivity contribution in [2.24, 2.45) is 5.92 Å². The van der Waals surface area contributed by atoms with E-state index in [9.17, 15) is 0 Å². The van der Waals surface area contributed by atoms with Crippen LogP contribution in [0.5, 0.6) is 0 Å². The molecule has 0 atom stereocenters. The zero-order valence-electron chi connectivity index (χ0n) is 10.6. The SMILES string of the molecule is CCNC/C(=C/c1ccc(Br)cc1Cl)C(C)C. The van der Waals surface area contributed by atoms with Crippen molar-refractivity contribution in [3.05, 3.63) is 38.8 Å². The van der Waals surface area contributed by atoms with Crippen LogP contribution < -0.4 is 5.32 Å². The number of hydrogen-bond acceptors (Lipinski definition) is 1. The molecule has 0 radical (unpaired) electrons. The molecule has 0 amide bonds. The number of benzene rings is 1. The van der Waals surface area contributed by atoms with E-state index in [0.717, 1.165) is 28.1 Å². The van der Waals surface area contributed by atoms with Crippen LogP contribution in [0.3, 0.4) is 0 Å². The maximum absolute atomic E-state index is 6.22. The molecule has 17 heavy (non-hydrogen) atoms. The van der Waals surface area contributed by atoms with Crippen LogP contribution in [0, 0.1) is 5.92 Å². The van der Waals surface area contributed by atoms with Gasteiger partial charge in [0.25, 0.3) is 0 Å². The van der Waals surface area contributed by atoms with Crippen molar-refractivity contribution < 1.29 is 0 Å². The summed E-state index contributed by atoms with van der Waals surface area (Å²) < 4.78 is 1.01. The molecular formula is C14H19BrClN. The Bertz CT molecular complexity index is 399. The lowest BCUT2D eigenvalue weighted by molar-refractivity contribution is 0.682. The van der Waals surface area contributed by atoms with E-state index in [4.69, 9.17) is 11.6 Å². The first-order valence-electron chi connectivity index (χ1n) is 5.90.